The maximum atomic E-state index is 10.7. The third kappa shape index (κ3) is 7.01. The molecule has 0 aliphatic carbocycles. The summed E-state index contributed by atoms with van der Waals surface area (Å²) in [6.45, 7) is 22.0. The minimum absolute atomic E-state index is 0.150. The highest BCUT2D eigenvalue weighted by Gasteiger charge is 2.52. The minimum Gasteiger partial charge on any atom is -0.413 e. The molecule has 0 heterocycles. The third-order valence-corrected chi connectivity index (χ3v) is 6.47. The van der Waals surface area contributed by atoms with Crippen molar-refractivity contribution in [1.29, 1.82) is 0 Å². The molecule has 2 atom stereocenters. The predicted molar refractivity (Wildman–Crippen MR) is 141 cm³/mol. The maximum Gasteiger partial charge on any atom is 0.246 e. The van der Waals surface area contributed by atoms with Crippen molar-refractivity contribution < 1.29 is 13.6 Å². The van der Waals surface area contributed by atoms with Crippen LogP contribution in [0.15, 0.2) is 42.5 Å². The molecule has 0 bridgehead atoms. The molecule has 6 heteroatoms. The van der Waals surface area contributed by atoms with Crippen molar-refractivity contribution in [1.82, 2.24) is 0 Å². The number of hydrogen-bond acceptors (Lipinski definition) is 4. The predicted octanol–water partition coefficient (Wildman–Crippen LogP) is 5.85. The van der Waals surface area contributed by atoms with Crippen molar-refractivity contribution in [3.05, 3.63) is 48.1 Å². The molecule has 0 aliphatic rings. The van der Waals surface area contributed by atoms with E-state index in [4.69, 9.17) is 8.85 Å². The summed E-state index contributed by atoms with van der Waals surface area (Å²) in [5.74, 6) is 0. The number of nitrogens with zero attached hydrogens (tertiary/aromatic N) is 1. The van der Waals surface area contributed by atoms with Crippen molar-refractivity contribution in [2.24, 2.45) is 10.8 Å². The lowest BCUT2D eigenvalue weighted by atomic mass is 9.71. The van der Waals surface area contributed by atoms with E-state index in [0.29, 0.717) is 0 Å². The average molecular weight is 484 g/mol. The van der Waals surface area contributed by atoms with Crippen molar-refractivity contribution in [2.45, 2.75) is 92.5 Å². The van der Waals surface area contributed by atoms with Crippen molar-refractivity contribution in [3.63, 3.8) is 0 Å². The van der Waals surface area contributed by atoms with Crippen LogP contribution in [-0.4, -0.2) is 50.5 Å². The fraction of sp³-hybridized carbons (Fsp3) is 0.593. The normalized spacial score (nSPS) is 15.8. The zero-order chi connectivity index (χ0) is 25.7. The van der Waals surface area contributed by atoms with Gasteiger partial charge in [0, 0.05) is 5.69 Å². The largest absolute Gasteiger partial charge is 0.413 e. The smallest absolute Gasteiger partial charge is 0.246 e. The molecule has 1 rings (SSSR count). The maximum absolute atomic E-state index is 10.7. The van der Waals surface area contributed by atoms with E-state index in [-0.39, 0.29) is 23.0 Å². The summed E-state index contributed by atoms with van der Waals surface area (Å²) in [7, 11) is 6.80. The Morgan fingerprint density at radius 2 is 1.21 bits per heavy atom. The van der Waals surface area contributed by atoms with Gasteiger partial charge < -0.3 is 13.8 Å². The van der Waals surface area contributed by atoms with Crippen molar-refractivity contribution >= 4 is 39.0 Å². The quantitative estimate of drug-likeness (QED) is 0.181. The van der Waals surface area contributed by atoms with Crippen LogP contribution in [0, 0.1) is 10.8 Å². The molecule has 0 saturated carbocycles. The van der Waals surface area contributed by atoms with Crippen LogP contribution in [0.1, 0.15) is 74.8 Å². The molecule has 1 aromatic carbocycles. The van der Waals surface area contributed by atoms with Gasteiger partial charge in [-0.15, -0.1) is 0 Å². The average Bonchev–Trinajstić information content (AvgIpc) is 2.64. The Kier molecular flexibility index (Phi) is 10.1. The Bertz CT molecular complexity index is 799. The molecule has 6 radical (unpaired) electrons. The summed E-state index contributed by atoms with van der Waals surface area (Å²) in [5, 5.41) is 0. The molecule has 0 aliphatic heterocycles. The van der Waals surface area contributed by atoms with Crippen LogP contribution in [0.5, 0.6) is 0 Å². The van der Waals surface area contributed by atoms with Gasteiger partial charge in [0.1, 0.15) is 6.29 Å². The summed E-state index contributed by atoms with van der Waals surface area (Å²) in [4.78, 5) is 13.1. The highest BCUT2D eigenvalue weighted by molar-refractivity contribution is 5.98. The second-order valence-electron chi connectivity index (χ2n) is 11.8. The number of rotatable bonds is 10. The van der Waals surface area contributed by atoms with Gasteiger partial charge in [0.15, 0.2) is 0 Å². The Hall–Kier alpha value is -1.48. The monoisotopic (exact) mass is 483 g/mol. The molecule has 0 aromatic heterocycles. The van der Waals surface area contributed by atoms with Crippen LogP contribution in [0.2, 0.25) is 0 Å². The first-order valence-corrected chi connectivity index (χ1v) is 12.2. The number of anilines is 1. The fourth-order valence-electron chi connectivity index (χ4n) is 5.46. The molecule has 0 amide bonds. The zero-order valence-electron chi connectivity index (χ0n) is 22.0. The van der Waals surface area contributed by atoms with E-state index in [1.165, 1.54) is 6.08 Å². The molecule has 4 nitrogen and oxygen atoms in total. The SMILES string of the molecule is CC(C)(C)C(O[Si])C(C)(C)N(c1ccccc1C=CC=CC=O)C(C)(C)C(O[Si])C(C)(C)C. The Morgan fingerprint density at radius 3 is 1.61 bits per heavy atom. The fourth-order valence-corrected chi connectivity index (χ4v) is 6.74. The molecule has 33 heavy (non-hydrogen) atoms. The van der Waals surface area contributed by atoms with Gasteiger partial charge in [-0.05, 0) is 56.2 Å². The van der Waals surface area contributed by atoms with Crippen molar-refractivity contribution in [2.75, 3.05) is 4.90 Å². The number of hydrogen-bond donors (Lipinski definition) is 0. The van der Waals surface area contributed by atoms with Gasteiger partial charge in [-0.1, -0.05) is 78.0 Å². The lowest BCUT2D eigenvalue weighted by Gasteiger charge is -2.59. The van der Waals surface area contributed by atoms with Crippen LogP contribution in [-0.2, 0) is 13.6 Å². The molecule has 0 fully saturated rings. The first kappa shape index (κ1) is 29.6. The molecule has 0 saturated heterocycles. The molecule has 0 N–H and O–H groups in total. The van der Waals surface area contributed by atoms with Crippen molar-refractivity contribution in [3.8, 4) is 0 Å². The zero-order valence-corrected chi connectivity index (χ0v) is 24.0. The van der Waals surface area contributed by atoms with E-state index < -0.39 is 11.1 Å². The number of aldehydes is 1. The second-order valence-corrected chi connectivity index (χ2v) is 12.3. The Labute approximate surface area is 208 Å². The highest BCUT2D eigenvalue weighted by Crippen LogP contribution is 2.46. The lowest BCUT2D eigenvalue weighted by molar-refractivity contribution is -0.104. The number of benzene rings is 1. The van der Waals surface area contributed by atoms with Gasteiger partial charge in [-0.3, -0.25) is 4.79 Å². The van der Waals surface area contributed by atoms with Crippen LogP contribution in [0.25, 0.3) is 6.08 Å². The number of carbonyl (C=O) groups is 1. The number of carbonyl (C=O) groups excluding carboxylic acids is 1. The molecular formula is C27H41NO3Si2. The summed E-state index contributed by atoms with van der Waals surface area (Å²) >= 11 is 0. The van der Waals surface area contributed by atoms with Crippen LogP contribution < -0.4 is 4.90 Å². The summed E-state index contributed by atoms with van der Waals surface area (Å²) in [6.07, 6.45) is 7.57. The second kappa shape index (κ2) is 11.3. The van der Waals surface area contributed by atoms with Gasteiger partial charge in [-0.2, -0.15) is 0 Å². The molecular weight excluding hydrogens is 442 g/mol. The standard InChI is InChI=1S/C27H41NO3Si2/c1-24(2,3)22(30-32)26(7,8)28(27(9,10)23(31-33)25(4,5)6)21-18-14-13-17-20(21)16-12-11-15-19-29/h11-19,22-23H,1-10H3. The van der Waals surface area contributed by atoms with E-state index in [0.717, 1.165) is 17.5 Å². The number of para-hydroxylation sites is 1. The van der Waals surface area contributed by atoms with E-state index in [1.807, 2.05) is 24.3 Å². The Morgan fingerprint density at radius 1 is 0.758 bits per heavy atom. The van der Waals surface area contributed by atoms with Crippen LogP contribution in [0.4, 0.5) is 5.69 Å². The van der Waals surface area contributed by atoms with E-state index in [1.54, 1.807) is 6.08 Å². The number of allylic oxidation sites excluding steroid dienone is 3. The molecule has 180 valence electrons. The van der Waals surface area contributed by atoms with E-state index in [9.17, 15) is 4.79 Å². The Balaban J connectivity index is 3.92. The topological polar surface area (TPSA) is 38.8 Å². The third-order valence-electron chi connectivity index (χ3n) is 6.00. The first-order valence-electron chi connectivity index (χ1n) is 11.4. The van der Waals surface area contributed by atoms with Gasteiger partial charge in [0.05, 0.1) is 23.3 Å². The van der Waals surface area contributed by atoms with Crippen LogP contribution in [0.3, 0.4) is 0 Å². The summed E-state index contributed by atoms with van der Waals surface area (Å²) < 4.78 is 11.9. The van der Waals surface area contributed by atoms with Gasteiger partial charge in [-0.25, -0.2) is 0 Å². The van der Waals surface area contributed by atoms with Gasteiger partial charge >= 0.3 is 0 Å². The molecule has 1 aromatic rings. The van der Waals surface area contributed by atoms with E-state index in [2.05, 4.69) is 107 Å². The molecule has 0 spiro atoms. The van der Waals surface area contributed by atoms with Gasteiger partial charge in [0.25, 0.3) is 0 Å². The molecule has 2 unspecified atom stereocenters. The van der Waals surface area contributed by atoms with E-state index >= 15 is 0 Å². The summed E-state index contributed by atoms with van der Waals surface area (Å²) in [5.41, 5.74) is 0.879. The lowest BCUT2D eigenvalue weighted by Crippen LogP contribution is -2.69. The minimum atomic E-state index is -0.458. The summed E-state index contributed by atoms with van der Waals surface area (Å²) in [6, 6.07) is 8.29. The van der Waals surface area contributed by atoms with Crippen LogP contribution >= 0.6 is 0 Å². The van der Waals surface area contributed by atoms with Gasteiger partial charge in [0.2, 0.25) is 21.0 Å². The first-order chi connectivity index (χ1) is 15.1. The highest BCUT2D eigenvalue weighted by atomic mass is 28.2.